The Hall–Kier alpha value is 0. The van der Waals surface area contributed by atoms with Gasteiger partial charge in [0.2, 0.25) is 0 Å². The first-order valence-electron chi connectivity index (χ1n) is 20.8. The van der Waals surface area contributed by atoms with E-state index in [1.165, 1.54) is 244 Å². The lowest BCUT2D eigenvalue weighted by atomic mass is 10.0. The first-order valence-corrected chi connectivity index (χ1v) is 20.8. The van der Waals surface area contributed by atoms with Crippen molar-refractivity contribution in [1.29, 1.82) is 0 Å². The summed E-state index contributed by atoms with van der Waals surface area (Å²) >= 11 is 0. The number of rotatable bonds is 36. The molecule has 0 saturated carbocycles. The van der Waals surface area contributed by atoms with Crippen molar-refractivity contribution >= 4 is 0 Å². The van der Waals surface area contributed by atoms with Gasteiger partial charge in [-0.1, -0.05) is 272 Å². The second kappa shape index (κ2) is 45.4. The third-order valence-corrected chi connectivity index (χ3v) is 9.41. The molecule has 0 amide bonds. The summed E-state index contributed by atoms with van der Waals surface area (Å²) in [5.41, 5.74) is 0. The topological polar surface area (TPSA) is 0 Å². The van der Waals surface area contributed by atoms with Gasteiger partial charge in [-0.25, -0.2) is 0 Å². The van der Waals surface area contributed by atoms with Crippen LogP contribution in [0.1, 0.15) is 272 Å². The summed E-state index contributed by atoms with van der Waals surface area (Å²) in [6, 6.07) is 0. The molecular formula is C42H88. The van der Waals surface area contributed by atoms with Crippen molar-refractivity contribution in [2.45, 2.75) is 272 Å². The predicted octanol–water partition coefficient (Wildman–Crippen LogP) is 16.9. The summed E-state index contributed by atoms with van der Waals surface area (Å²) in [7, 11) is 0. The van der Waals surface area contributed by atoms with Crippen LogP contribution >= 0.6 is 0 Å². The number of unbranched alkanes of at least 4 members (excludes halogenated alkanes) is 36. The molecular weight excluding hydrogens is 504 g/mol. The molecule has 42 heavy (non-hydrogen) atoms. The van der Waals surface area contributed by atoms with E-state index >= 15 is 0 Å². The third-order valence-electron chi connectivity index (χ3n) is 9.41. The van der Waals surface area contributed by atoms with Crippen LogP contribution in [0.3, 0.4) is 0 Å². The summed E-state index contributed by atoms with van der Waals surface area (Å²) in [5.74, 6) is 0. The Balaban J connectivity index is 0. The van der Waals surface area contributed by atoms with E-state index in [-0.39, 0.29) is 0 Å². The smallest absolute Gasteiger partial charge is 0.0533 e. The zero-order valence-electron chi connectivity index (χ0n) is 30.9. The monoisotopic (exact) mass is 593 g/mol. The van der Waals surface area contributed by atoms with Crippen LogP contribution in [0.15, 0.2) is 0 Å². The van der Waals surface area contributed by atoms with Crippen molar-refractivity contribution < 1.29 is 0 Å². The maximum atomic E-state index is 2.30. The minimum Gasteiger partial charge on any atom is -0.0654 e. The minimum absolute atomic E-state index is 1.37. The SMILES string of the molecule is CCCCCCCCCCCCCCCCCCC.CCCCCCCCCCCCCCCCCCCCCCC. The molecule has 0 aliphatic carbocycles. The molecule has 0 rings (SSSR count). The Kier molecular flexibility index (Phi) is 47.7. The van der Waals surface area contributed by atoms with Gasteiger partial charge in [-0.15, -0.1) is 0 Å². The van der Waals surface area contributed by atoms with Crippen LogP contribution in [0.25, 0.3) is 0 Å². The van der Waals surface area contributed by atoms with E-state index < -0.39 is 0 Å². The first kappa shape index (κ1) is 44.1. The standard InChI is InChI=1S/C23H48.C19H40/c1-3-5-7-9-11-13-15-17-19-21-23-22-20-18-16-14-12-10-8-6-4-2;1-3-5-7-9-11-13-15-17-19-18-16-14-12-10-8-6-4-2/h3-23H2,1-2H3;3-19H2,1-2H3. The van der Waals surface area contributed by atoms with Gasteiger partial charge in [0.15, 0.2) is 0 Å². The lowest BCUT2D eigenvalue weighted by Gasteiger charge is -2.04. The molecule has 0 nitrogen and oxygen atoms in total. The van der Waals surface area contributed by atoms with Crippen LogP contribution in [-0.2, 0) is 0 Å². The molecule has 0 heteroatoms. The summed E-state index contributed by atoms with van der Waals surface area (Å²) in [5, 5.41) is 0. The highest BCUT2D eigenvalue weighted by Gasteiger charge is 1.96. The fourth-order valence-electron chi connectivity index (χ4n) is 6.30. The van der Waals surface area contributed by atoms with Crippen LogP contribution in [0.2, 0.25) is 0 Å². The quantitative estimate of drug-likeness (QED) is 0.0635. The van der Waals surface area contributed by atoms with Gasteiger partial charge in [0.1, 0.15) is 0 Å². The molecule has 0 atom stereocenters. The van der Waals surface area contributed by atoms with Crippen molar-refractivity contribution in [2.75, 3.05) is 0 Å². The molecule has 0 spiro atoms. The Labute approximate surface area is 271 Å². The highest BCUT2D eigenvalue weighted by atomic mass is 14.0. The molecule has 0 saturated heterocycles. The molecule has 0 radical (unpaired) electrons. The third kappa shape index (κ3) is 46.9. The maximum absolute atomic E-state index is 2.30. The van der Waals surface area contributed by atoms with Gasteiger partial charge >= 0.3 is 0 Å². The Bertz CT molecular complexity index is 363. The van der Waals surface area contributed by atoms with Crippen molar-refractivity contribution in [3.63, 3.8) is 0 Å². The average Bonchev–Trinajstić information content (AvgIpc) is 3.00. The van der Waals surface area contributed by atoms with E-state index in [4.69, 9.17) is 0 Å². The molecule has 0 unspecified atom stereocenters. The van der Waals surface area contributed by atoms with Crippen LogP contribution < -0.4 is 0 Å². The lowest BCUT2D eigenvalue weighted by Crippen LogP contribution is -1.84. The molecule has 0 N–H and O–H groups in total. The van der Waals surface area contributed by atoms with E-state index in [0.717, 1.165) is 0 Å². The summed E-state index contributed by atoms with van der Waals surface area (Å²) in [6.45, 7) is 9.19. The normalized spacial score (nSPS) is 11.1. The van der Waals surface area contributed by atoms with E-state index in [2.05, 4.69) is 27.7 Å². The van der Waals surface area contributed by atoms with E-state index in [1.807, 2.05) is 0 Å². The van der Waals surface area contributed by atoms with Crippen LogP contribution in [-0.4, -0.2) is 0 Å². The second-order valence-electron chi connectivity index (χ2n) is 14.0. The summed E-state index contributed by atoms with van der Waals surface area (Å²) in [4.78, 5) is 0. The van der Waals surface area contributed by atoms with E-state index in [1.54, 1.807) is 0 Å². The molecule has 0 fully saturated rings. The Morgan fingerprint density at radius 3 is 0.262 bits per heavy atom. The van der Waals surface area contributed by atoms with Gasteiger partial charge < -0.3 is 0 Å². The van der Waals surface area contributed by atoms with E-state index in [0.29, 0.717) is 0 Å². The van der Waals surface area contributed by atoms with Gasteiger partial charge in [-0.3, -0.25) is 0 Å². The summed E-state index contributed by atoms with van der Waals surface area (Å²) in [6.07, 6.45) is 55.8. The van der Waals surface area contributed by atoms with Gasteiger partial charge in [-0.2, -0.15) is 0 Å². The fourth-order valence-corrected chi connectivity index (χ4v) is 6.30. The molecule has 0 aromatic rings. The predicted molar refractivity (Wildman–Crippen MR) is 198 cm³/mol. The molecule has 0 aliphatic rings. The van der Waals surface area contributed by atoms with Crippen molar-refractivity contribution in [1.82, 2.24) is 0 Å². The zero-order chi connectivity index (χ0) is 30.9. The molecule has 0 aliphatic heterocycles. The molecule has 256 valence electrons. The largest absolute Gasteiger partial charge is 0.0654 e. The first-order chi connectivity index (χ1) is 20.8. The maximum Gasteiger partial charge on any atom is -0.0533 e. The fraction of sp³-hybridized carbons (Fsp3) is 1.00. The highest BCUT2D eigenvalue weighted by molar-refractivity contribution is 4.52. The lowest BCUT2D eigenvalue weighted by molar-refractivity contribution is 0.521. The van der Waals surface area contributed by atoms with Gasteiger partial charge in [0, 0.05) is 0 Å². The van der Waals surface area contributed by atoms with Crippen LogP contribution in [0.4, 0.5) is 0 Å². The van der Waals surface area contributed by atoms with Gasteiger partial charge in [0.25, 0.3) is 0 Å². The average molecular weight is 593 g/mol. The molecule has 0 aromatic heterocycles. The minimum atomic E-state index is 1.37. The van der Waals surface area contributed by atoms with Crippen molar-refractivity contribution in [2.24, 2.45) is 0 Å². The second-order valence-corrected chi connectivity index (χ2v) is 14.0. The van der Waals surface area contributed by atoms with Crippen LogP contribution in [0, 0.1) is 0 Å². The van der Waals surface area contributed by atoms with Crippen molar-refractivity contribution in [3.8, 4) is 0 Å². The van der Waals surface area contributed by atoms with Crippen molar-refractivity contribution in [3.05, 3.63) is 0 Å². The van der Waals surface area contributed by atoms with E-state index in [9.17, 15) is 0 Å². The Morgan fingerprint density at radius 1 is 0.119 bits per heavy atom. The number of hydrogen-bond donors (Lipinski definition) is 0. The Morgan fingerprint density at radius 2 is 0.190 bits per heavy atom. The van der Waals surface area contributed by atoms with Gasteiger partial charge in [0.05, 0.1) is 0 Å². The number of hydrogen-bond acceptors (Lipinski definition) is 0. The highest BCUT2D eigenvalue weighted by Crippen LogP contribution is 2.16. The molecule has 0 bridgehead atoms. The van der Waals surface area contributed by atoms with Crippen LogP contribution in [0.5, 0.6) is 0 Å². The summed E-state index contributed by atoms with van der Waals surface area (Å²) < 4.78 is 0. The van der Waals surface area contributed by atoms with Gasteiger partial charge in [-0.05, 0) is 0 Å². The molecule has 0 aromatic carbocycles. The molecule has 0 heterocycles. The zero-order valence-corrected chi connectivity index (χ0v) is 30.9.